The summed E-state index contributed by atoms with van der Waals surface area (Å²) in [5.74, 6) is -0.0529. The van der Waals surface area contributed by atoms with E-state index in [1.807, 2.05) is 13.8 Å². The van der Waals surface area contributed by atoms with Gasteiger partial charge in [-0.3, -0.25) is 9.59 Å². The van der Waals surface area contributed by atoms with Crippen LogP contribution in [0.2, 0.25) is 0 Å². The molecule has 20 heavy (non-hydrogen) atoms. The third-order valence-electron chi connectivity index (χ3n) is 3.80. The number of carbonyl (C=O) groups excluding carboxylic acids is 1. The number of aromatic nitrogens is 3. The number of hydrogen-bond acceptors (Lipinski definition) is 5. The summed E-state index contributed by atoms with van der Waals surface area (Å²) in [7, 11) is 0. The molecule has 0 unspecified atom stereocenters. The topological polar surface area (TPSA) is 68.1 Å². The number of rotatable bonds is 2. The monoisotopic (exact) mass is 292 g/mol. The first-order valence-corrected chi connectivity index (χ1v) is 7.51. The van der Waals surface area contributed by atoms with Crippen LogP contribution in [-0.2, 0) is 11.3 Å². The third-order valence-corrected chi connectivity index (χ3v) is 4.89. The smallest absolute Gasteiger partial charge is 0.279 e. The van der Waals surface area contributed by atoms with Crippen molar-refractivity contribution in [1.29, 1.82) is 0 Å². The van der Waals surface area contributed by atoms with Gasteiger partial charge in [0.05, 0.1) is 5.39 Å². The van der Waals surface area contributed by atoms with Gasteiger partial charge in [0, 0.05) is 18.0 Å². The summed E-state index contributed by atoms with van der Waals surface area (Å²) in [6.45, 7) is 5.40. The Morgan fingerprint density at radius 3 is 2.70 bits per heavy atom. The van der Waals surface area contributed by atoms with E-state index in [9.17, 15) is 9.59 Å². The van der Waals surface area contributed by atoms with E-state index in [0.717, 1.165) is 36.4 Å². The van der Waals surface area contributed by atoms with Gasteiger partial charge in [0.2, 0.25) is 5.91 Å². The van der Waals surface area contributed by atoms with Gasteiger partial charge in [-0.2, -0.15) is 0 Å². The second-order valence-electron chi connectivity index (χ2n) is 5.10. The van der Waals surface area contributed by atoms with E-state index in [4.69, 9.17) is 0 Å². The van der Waals surface area contributed by atoms with Gasteiger partial charge in [-0.1, -0.05) is 5.21 Å². The minimum absolute atomic E-state index is 0.0178. The Labute approximate surface area is 120 Å². The molecular formula is C13H16N4O2S. The fourth-order valence-corrected chi connectivity index (χ4v) is 3.46. The van der Waals surface area contributed by atoms with Crippen molar-refractivity contribution in [3.63, 3.8) is 0 Å². The van der Waals surface area contributed by atoms with Crippen LogP contribution in [0.1, 0.15) is 23.3 Å². The molecule has 1 amide bonds. The van der Waals surface area contributed by atoms with Crippen molar-refractivity contribution in [3.8, 4) is 0 Å². The number of likely N-dealkylation sites (tertiary alicyclic amines) is 1. The second kappa shape index (κ2) is 4.97. The zero-order chi connectivity index (χ0) is 14.3. The quantitative estimate of drug-likeness (QED) is 0.831. The molecule has 3 rings (SSSR count). The van der Waals surface area contributed by atoms with Gasteiger partial charge in [-0.05, 0) is 32.3 Å². The van der Waals surface area contributed by atoms with E-state index in [2.05, 4.69) is 10.3 Å². The molecule has 0 radical (unpaired) electrons. The molecule has 1 aliphatic rings. The number of thiophene rings is 1. The Hall–Kier alpha value is -1.76. The highest BCUT2D eigenvalue weighted by Gasteiger charge is 2.20. The molecule has 1 aliphatic heterocycles. The van der Waals surface area contributed by atoms with Crippen LogP contribution in [0.15, 0.2) is 4.79 Å². The molecule has 2 aromatic heterocycles. The van der Waals surface area contributed by atoms with Crippen molar-refractivity contribution in [2.45, 2.75) is 33.2 Å². The summed E-state index contributed by atoms with van der Waals surface area (Å²) in [6, 6.07) is 0. The first-order chi connectivity index (χ1) is 9.58. The summed E-state index contributed by atoms with van der Waals surface area (Å²) in [5.41, 5.74) is 0.719. The molecule has 106 valence electrons. The molecule has 0 N–H and O–H groups in total. The molecule has 0 bridgehead atoms. The lowest BCUT2D eigenvalue weighted by molar-refractivity contribution is -0.131. The largest absolute Gasteiger partial charge is 0.341 e. The highest BCUT2D eigenvalue weighted by atomic mass is 32.1. The van der Waals surface area contributed by atoms with Crippen LogP contribution < -0.4 is 5.56 Å². The van der Waals surface area contributed by atoms with Crippen LogP contribution in [0, 0.1) is 13.8 Å². The minimum atomic E-state index is -0.218. The lowest BCUT2D eigenvalue weighted by Gasteiger charge is -2.14. The second-order valence-corrected chi connectivity index (χ2v) is 6.31. The molecule has 3 heterocycles. The van der Waals surface area contributed by atoms with E-state index in [1.54, 1.807) is 4.90 Å². The number of fused-ring (bicyclic) bond motifs is 1. The maximum Gasteiger partial charge on any atom is 0.279 e. The molecular weight excluding hydrogens is 276 g/mol. The Morgan fingerprint density at radius 1 is 1.30 bits per heavy atom. The fraction of sp³-hybridized carbons (Fsp3) is 0.538. The van der Waals surface area contributed by atoms with Crippen molar-refractivity contribution in [2.75, 3.05) is 13.1 Å². The minimum Gasteiger partial charge on any atom is -0.341 e. The maximum absolute atomic E-state index is 12.4. The maximum atomic E-state index is 12.4. The zero-order valence-electron chi connectivity index (χ0n) is 11.5. The number of hydrogen-bond donors (Lipinski definition) is 0. The Morgan fingerprint density at radius 2 is 2.00 bits per heavy atom. The van der Waals surface area contributed by atoms with Crippen LogP contribution in [0.5, 0.6) is 0 Å². The Kier molecular flexibility index (Phi) is 3.29. The van der Waals surface area contributed by atoms with Crippen LogP contribution in [0.25, 0.3) is 10.2 Å². The first kappa shape index (κ1) is 13.2. The molecule has 0 atom stereocenters. The van der Waals surface area contributed by atoms with Crippen molar-refractivity contribution in [2.24, 2.45) is 0 Å². The number of aryl methyl sites for hydroxylation is 2. The van der Waals surface area contributed by atoms with E-state index in [1.165, 1.54) is 16.0 Å². The van der Waals surface area contributed by atoms with Gasteiger partial charge in [0.15, 0.2) is 4.83 Å². The third kappa shape index (κ3) is 2.11. The molecule has 6 nitrogen and oxygen atoms in total. The predicted molar refractivity (Wildman–Crippen MR) is 77.0 cm³/mol. The van der Waals surface area contributed by atoms with Crippen LogP contribution in [0.4, 0.5) is 0 Å². The summed E-state index contributed by atoms with van der Waals surface area (Å²) in [6.07, 6.45) is 2.07. The SMILES string of the molecule is Cc1sc2nnn(CC(=O)N3CCCC3)c(=O)c2c1C. The lowest BCUT2D eigenvalue weighted by Crippen LogP contribution is -2.36. The molecule has 7 heteroatoms. The molecule has 1 saturated heterocycles. The average Bonchev–Trinajstić information content (AvgIpc) is 3.03. The standard InChI is InChI=1S/C13H16N4O2S/c1-8-9(2)20-12-11(8)13(19)17(15-14-12)7-10(18)16-5-3-4-6-16/h3-7H2,1-2H3. The average molecular weight is 292 g/mol. The summed E-state index contributed by atoms with van der Waals surface area (Å²) < 4.78 is 1.18. The molecule has 0 aromatic carbocycles. The molecule has 1 fully saturated rings. The van der Waals surface area contributed by atoms with Gasteiger partial charge in [-0.25, -0.2) is 4.68 Å². The summed E-state index contributed by atoms with van der Waals surface area (Å²) in [5, 5.41) is 8.55. The molecule has 2 aromatic rings. The van der Waals surface area contributed by atoms with Crippen molar-refractivity contribution in [3.05, 3.63) is 20.8 Å². The summed E-state index contributed by atoms with van der Waals surface area (Å²) in [4.78, 5) is 28.0. The number of amides is 1. The van der Waals surface area contributed by atoms with Crippen LogP contribution in [-0.4, -0.2) is 38.9 Å². The Bertz CT molecular complexity index is 728. The van der Waals surface area contributed by atoms with E-state index < -0.39 is 0 Å². The van der Waals surface area contributed by atoms with E-state index in [-0.39, 0.29) is 18.0 Å². The molecule has 0 spiro atoms. The summed E-state index contributed by atoms with van der Waals surface area (Å²) >= 11 is 1.46. The normalized spacial score (nSPS) is 15.2. The predicted octanol–water partition coefficient (Wildman–Crippen LogP) is 1.09. The highest BCUT2D eigenvalue weighted by Crippen LogP contribution is 2.24. The number of carbonyl (C=O) groups is 1. The molecule has 0 saturated carbocycles. The van der Waals surface area contributed by atoms with Gasteiger partial charge in [0.25, 0.3) is 5.56 Å². The lowest BCUT2D eigenvalue weighted by atomic mass is 10.2. The van der Waals surface area contributed by atoms with Crippen LogP contribution in [0.3, 0.4) is 0 Å². The van der Waals surface area contributed by atoms with Gasteiger partial charge >= 0.3 is 0 Å². The first-order valence-electron chi connectivity index (χ1n) is 6.69. The number of nitrogens with zero attached hydrogens (tertiary/aromatic N) is 4. The van der Waals surface area contributed by atoms with Crippen molar-refractivity contribution >= 4 is 27.5 Å². The fourth-order valence-electron chi connectivity index (χ4n) is 2.49. The van der Waals surface area contributed by atoms with Gasteiger partial charge in [-0.15, -0.1) is 16.4 Å². The Balaban J connectivity index is 1.96. The van der Waals surface area contributed by atoms with Crippen LogP contribution >= 0.6 is 11.3 Å². The van der Waals surface area contributed by atoms with Gasteiger partial charge in [0.1, 0.15) is 6.54 Å². The van der Waals surface area contributed by atoms with E-state index >= 15 is 0 Å². The highest BCUT2D eigenvalue weighted by molar-refractivity contribution is 7.18. The molecule has 0 aliphatic carbocycles. The van der Waals surface area contributed by atoms with E-state index in [0.29, 0.717) is 10.2 Å². The van der Waals surface area contributed by atoms with Crippen molar-refractivity contribution < 1.29 is 4.79 Å². The van der Waals surface area contributed by atoms with Crippen molar-refractivity contribution in [1.82, 2.24) is 19.9 Å². The van der Waals surface area contributed by atoms with Gasteiger partial charge < -0.3 is 4.90 Å². The zero-order valence-corrected chi connectivity index (χ0v) is 12.4.